The second-order valence-corrected chi connectivity index (χ2v) is 5.85. The maximum absolute atomic E-state index is 13.3. The van der Waals surface area contributed by atoms with Gasteiger partial charge < -0.3 is 15.4 Å². The van der Waals surface area contributed by atoms with Gasteiger partial charge in [0.25, 0.3) is 11.8 Å². The molecule has 0 bridgehead atoms. The van der Waals surface area contributed by atoms with E-state index in [9.17, 15) is 18.4 Å². The van der Waals surface area contributed by atoms with E-state index in [0.717, 1.165) is 12.1 Å². The van der Waals surface area contributed by atoms with Crippen molar-refractivity contribution in [2.75, 3.05) is 17.7 Å². The zero-order chi connectivity index (χ0) is 20.1. The molecule has 0 atom stereocenters. The number of ether oxygens (including phenoxy) is 1. The van der Waals surface area contributed by atoms with Gasteiger partial charge in [-0.05, 0) is 42.5 Å². The Hall–Kier alpha value is -3.74. The number of methoxy groups -OCH3 is 1. The van der Waals surface area contributed by atoms with Crippen LogP contribution in [0.15, 0.2) is 66.7 Å². The summed E-state index contributed by atoms with van der Waals surface area (Å²) in [7, 11) is 1.52. The number of rotatable bonds is 5. The fourth-order valence-corrected chi connectivity index (χ4v) is 2.48. The van der Waals surface area contributed by atoms with Gasteiger partial charge in [0.15, 0.2) is 11.6 Å². The number of halogens is 2. The fourth-order valence-electron chi connectivity index (χ4n) is 2.48. The molecule has 3 aromatic carbocycles. The summed E-state index contributed by atoms with van der Waals surface area (Å²) in [4.78, 5) is 24.8. The van der Waals surface area contributed by atoms with Crippen molar-refractivity contribution in [3.05, 3.63) is 89.5 Å². The van der Waals surface area contributed by atoms with Gasteiger partial charge in [-0.3, -0.25) is 9.59 Å². The first-order valence-corrected chi connectivity index (χ1v) is 8.28. The molecule has 0 radical (unpaired) electrons. The third-order valence-corrected chi connectivity index (χ3v) is 3.89. The molecule has 0 fully saturated rings. The van der Waals surface area contributed by atoms with E-state index < -0.39 is 23.4 Å². The van der Waals surface area contributed by atoms with Crippen molar-refractivity contribution < 1.29 is 23.1 Å². The third kappa shape index (κ3) is 4.50. The zero-order valence-corrected chi connectivity index (χ0v) is 14.8. The van der Waals surface area contributed by atoms with E-state index in [1.165, 1.54) is 25.3 Å². The van der Waals surface area contributed by atoms with Gasteiger partial charge in [0.2, 0.25) is 0 Å². The fraction of sp³-hybridized carbons (Fsp3) is 0.0476. The normalized spacial score (nSPS) is 10.2. The van der Waals surface area contributed by atoms with Crippen LogP contribution in [0.2, 0.25) is 0 Å². The van der Waals surface area contributed by atoms with E-state index in [2.05, 4.69) is 10.6 Å². The second kappa shape index (κ2) is 8.30. The predicted molar refractivity (Wildman–Crippen MR) is 102 cm³/mol. The van der Waals surface area contributed by atoms with Crippen molar-refractivity contribution >= 4 is 23.2 Å². The molecule has 28 heavy (non-hydrogen) atoms. The molecule has 3 rings (SSSR count). The van der Waals surface area contributed by atoms with Crippen LogP contribution in [0.25, 0.3) is 0 Å². The number of hydrogen-bond acceptors (Lipinski definition) is 3. The Kier molecular flexibility index (Phi) is 5.64. The molecule has 0 saturated heterocycles. The second-order valence-electron chi connectivity index (χ2n) is 5.85. The van der Waals surface area contributed by atoms with E-state index in [0.29, 0.717) is 11.4 Å². The largest absolute Gasteiger partial charge is 0.497 e. The summed E-state index contributed by atoms with van der Waals surface area (Å²) in [6, 6.07) is 15.9. The lowest BCUT2D eigenvalue weighted by Crippen LogP contribution is -2.15. The van der Waals surface area contributed by atoms with Gasteiger partial charge in [0.05, 0.1) is 7.11 Å². The Bertz CT molecular complexity index is 1040. The molecule has 0 aliphatic carbocycles. The lowest BCUT2D eigenvalue weighted by molar-refractivity contribution is 0.102. The Morgan fingerprint density at radius 1 is 0.750 bits per heavy atom. The number of carbonyl (C=O) groups is 2. The van der Waals surface area contributed by atoms with Crippen LogP contribution >= 0.6 is 0 Å². The zero-order valence-electron chi connectivity index (χ0n) is 14.8. The summed E-state index contributed by atoms with van der Waals surface area (Å²) in [5.74, 6) is -2.44. The summed E-state index contributed by atoms with van der Waals surface area (Å²) in [5.41, 5.74) is 1.11. The third-order valence-electron chi connectivity index (χ3n) is 3.89. The first-order valence-electron chi connectivity index (χ1n) is 8.28. The topological polar surface area (TPSA) is 67.4 Å². The highest BCUT2D eigenvalue weighted by Crippen LogP contribution is 2.18. The molecule has 2 amide bonds. The predicted octanol–water partition coefficient (Wildman–Crippen LogP) is 4.48. The molecule has 0 aliphatic heterocycles. The highest BCUT2D eigenvalue weighted by molar-refractivity contribution is 6.08. The van der Waals surface area contributed by atoms with Crippen LogP contribution in [0.3, 0.4) is 0 Å². The van der Waals surface area contributed by atoms with E-state index in [1.807, 2.05) is 0 Å². The van der Waals surface area contributed by atoms with Gasteiger partial charge in [-0.25, -0.2) is 8.78 Å². The number of amides is 2. The summed E-state index contributed by atoms with van der Waals surface area (Å²) in [5, 5.41) is 5.18. The first kappa shape index (κ1) is 19.0. The molecule has 7 heteroatoms. The smallest absolute Gasteiger partial charge is 0.255 e. The molecule has 5 nitrogen and oxygen atoms in total. The number of carbonyl (C=O) groups excluding carboxylic acids is 2. The van der Waals surface area contributed by atoms with Crippen molar-refractivity contribution in [2.24, 2.45) is 0 Å². The summed E-state index contributed by atoms with van der Waals surface area (Å²) < 4.78 is 31.4. The SMILES string of the molecule is COc1cccc(NC(=O)c2cccc(C(=O)Nc3ccc(F)c(F)c3)c2)c1. The van der Waals surface area contributed by atoms with E-state index in [4.69, 9.17) is 4.74 Å². The lowest BCUT2D eigenvalue weighted by Gasteiger charge is -2.09. The Morgan fingerprint density at radius 3 is 1.96 bits per heavy atom. The molecular formula is C21H16F2N2O3. The molecular weight excluding hydrogens is 366 g/mol. The summed E-state index contributed by atoms with van der Waals surface area (Å²) >= 11 is 0. The Morgan fingerprint density at radius 2 is 1.36 bits per heavy atom. The monoisotopic (exact) mass is 382 g/mol. The van der Waals surface area contributed by atoms with Gasteiger partial charge in [0.1, 0.15) is 5.75 Å². The van der Waals surface area contributed by atoms with E-state index >= 15 is 0 Å². The highest BCUT2D eigenvalue weighted by atomic mass is 19.2. The van der Waals surface area contributed by atoms with Crippen LogP contribution in [0.5, 0.6) is 5.75 Å². The molecule has 0 aromatic heterocycles. The van der Waals surface area contributed by atoms with Gasteiger partial charge in [0, 0.05) is 34.6 Å². The number of anilines is 2. The van der Waals surface area contributed by atoms with Crippen LogP contribution in [0.4, 0.5) is 20.2 Å². The minimum atomic E-state index is -1.07. The van der Waals surface area contributed by atoms with Gasteiger partial charge >= 0.3 is 0 Å². The average molecular weight is 382 g/mol. The molecule has 0 aliphatic rings. The van der Waals surface area contributed by atoms with Gasteiger partial charge in [-0.1, -0.05) is 12.1 Å². The van der Waals surface area contributed by atoms with E-state index in [1.54, 1.807) is 36.4 Å². The molecule has 2 N–H and O–H groups in total. The van der Waals surface area contributed by atoms with Gasteiger partial charge in [-0.2, -0.15) is 0 Å². The minimum absolute atomic E-state index is 0.107. The van der Waals surface area contributed by atoms with Crippen LogP contribution in [-0.2, 0) is 0 Å². The molecule has 142 valence electrons. The number of hydrogen-bond donors (Lipinski definition) is 2. The Balaban J connectivity index is 1.74. The molecule has 0 heterocycles. The maximum atomic E-state index is 13.3. The number of benzene rings is 3. The quantitative estimate of drug-likeness (QED) is 0.684. The van der Waals surface area contributed by atoms with Crippen molar-refractivity contribution in [1.29, 1.82) is 0 Å². The summed E-state index contributed by atoms with van der Waals surface area (Å²) in [6.07, 6.45) is 0. The Labute approximate surface area is 160 Å². The van der Waals surface area contributed by atoms with Crippen LogP contribution in [0, 0.1) is 11.6 Å². The summed E-state index contributed by atoms with van der Waals surface area (Å²) in [6.45, 7) is 0. The van der Waals surface area contributed by atoms with Crippen molar-refractivity contribution in [3.8, 4) is 5.75 Å². The van der Waals surface area contributed by atoms with Crippen LogP contribution in [-0.4, -0.2) is 18.9 Å². The first-order chi connectivity index (χ1) is 13.5. The molecule has 3 aromatic rings. The molecule has 0 unspecified atom stereocenters. The molecule has 0 saturated carbocycles. The van der Waals surface area contributed by atoms with Crippen LogP contribution in [0.1, 0.15) is 20.7 Å². The van der Waals surface area contributed by atoms with Crippen LogP contribution < -0.4 is 15.4 Å². The highest BCUT2D eigenvalue weighted by Gasteiger charge is 2.12. The average Bonchev–Trinajstić information content (AvgIpc) is 2.71. The van der Waals surface area contributed by atoms with E-state index in [-0.39, 0.29) is 16.8 Å². The number of nitrogens with one attached hydrogen (secondary N) is 2. The minimum Gasteiger partial charge on any atom is -0.497 e. The molecule has 0 spiro atoms. The van der Waals surface area contributed by atoms with Crippen molar-refractivity contribution in [3.63, 3.8) is 0 Å². The van der Waals surface area contributed by atoms with Crippen molar-refractivity contribution in [2.45, 2.75) is 0 Å². The standard InChI is InChI=1S/C21H16F2N2O3/c1-28-17-7-3-6-15(11-17)24-20(26)13-4-2-5-14(10-13)21(27)25-16-8-9-18(22)19(23)12-16/h2-12H,1H3,(H,24,26)(H,25,27). The van der Waals surface area contributed by atoms with Crippen molar-refractivity contribution in [1.82, 2.24) is 0 Å². The lowest BCUT2D eigenvalue weighted by atomic mass is 10.1. The van der Waals surface area contributed by atoms with Gasteiger partial charge in [-0.15, -0.1) is 0 Å². The maximum Gasteiger partial charge on any atom is 0.255 e.